The zero-order valence-corrected chi connectivity index (χ0v) is 12.5. The topological polar surface area (TPSA) is 15.3 Å². The van der Waals surface area contributed by atoms with Gasteiger partial charge >= 0.3 is 0 Å². The molecule has 1 aliphatic carbocycles. The summed E-state index contributed by atoms with van der Waals surface area (Å²) in [7, 11) is 0. The van der Waals surface area contributed by atoms with Gasteiger partial charge in [-0.3, -0.25) is 4.90 Å². The van der Waals surface area contributed by atoms with Crippen LogP contribution in [-0.4, -0.2) is 36.1 Å². The van der Waals surface area contributed by atoms with Crippen LogP contribution < -0.4 is 5.32 Å². The zero-order valence-electron chi connectivity index (χ0n) is 12.5. The van der Waals surface area contributed by atoms with Crippen LogP contribution in [0.25, 0.3) is 0 Å². The Kier molecular flexibility index (Phi) is 5.97. The molecule has 0 radical (unpaired) electrons. The maximum Gasteiger partial charge on any atom is 0.0252 e. The van der Waals surface area contributed by atoms with Gasteiger partial charge in [-0.05, 0) is 45.7 Å². The molecule has 2 rings (SSSR count). The molecule has 1 saturated heterocycles. The third kappa shape index (κ3) is 3.71. The second-order valence-corrected chi connectivity index (χ2v) is 6.31. The minimum absolute atomic E-state index is 0.748. The predicted molar refractivity (Wildman–Crippen MR) is 79.0 cm³/mol. The third-order valence-electron chi connectivity index (χ3n) is 4.98. The van der Waals surface area contributed by atoms with E-state index in [1.165, 1.54) is 64.3 Å². The van der Waals surface area contributed by atoms with E-state index < -0.39 is 0 Å². The number of rotatable bonds is 3. The Morgan fingerprint density at radius 2 is 1.67 bits per heavy atom. The molecule has 3 unspecified atom stereocenters. The molecule has 2 nitrogen and oxygen atoms in total. The largest absolute Gasteiger partial charge is 0.313 e. The highest BCUT2D eigenvalue weighted by Crippen LogP contribution is 2.27. The third-order valence-corrected chi connectivity index (χ3v) is 4.98. The molecule has 2 heteroatoms. The zero-order chi connectivity index (χ0) is 12.8. The number of nitrogens with one attached hydrogen (secondary N) is 1. The summed E-state index contributed by atoms with van der Waals surface area (Å²) >= 11 is 0. The van der Waals surface area contributed by atoms with E-state index in [0.29, 0.717) is 0 Å². The summed E-state index contributed by atoms with van der Waals surface area (Å²) in [4.78, 5) is 2.85. The van der Waals surface area contributed by atoms with E-state index in [9.17, 15) is 0 Å². The molecule has 1 N–H and O–H groups in total. The fraction of sp³-hybridized carbons (Fsp3) is 1.00. The van der Waals surface area contributed by atoms with Gasteiger partial charge in [0.05, 0.1) is 0 Å². The summed E-state index contributed by atoms with van der Waals surface area (Å²) in [6, 6.07) is 2.36. The molecule has 106 valence electrons. The first-order valence-electron chi connectivity index (χ1n) is 8.32. The molecular formula is C16H32N2. The minimum atomic E-state index is 0.748. The summed E-state index contributed by atoms with van der Waals surface area (Å²) in [6.07, 6.45) is 12.8. The van der Waals surface area contributed by atoms with Gasteiger partial charge in [-0.15, -0.1) is 0 Å². The highest BCUT2D eigenvalue weighted by Gasteiger charge is 2.31. The molecule has 0 aromatic carbocycles. The van der Waals surface area contributed by atoms with Crippen molar-refractivity contribution in [2.24, 2.45) is 0 Å². The van der Waals surface area contributed by atoms with Crippen LogP contribution in [0.5, 0.6) is 0 Å². The Morgan fingerprint density at radius 3 is 2.50 bits per heavy atom. The van der Waals surface area contributed by atoms with Gasteiger partial charge in [0.15, 0.2) is 0 Å². The molecule has 0 spiro atoms. The summed E-state index contributed by atoms with van der Waals surface area (Å²) in [6.45, 7) is 7.18. The van der Waals surface area contributed by atoms with Crippen LogP contribution in [0.2, 0.25) is 0 Å². The predicted octanol–water partition coefficient (Wildman–Crippen LogP) is 3.56. The molecule has 0 aromatic heterocycles. The van der Waals surface area contributed by atoms with Crippen molar-refractivity contribution in [2.75, 3.05) is 13.1 Å². The van der Waals surface area contributed by atoms with Crippen LogP contribution in [0.3, 0.4) is 0 Å². The first-order valence-corrected chi connectivity index (χ1v) is 8.32. The normalized spacial score (nSPS) is 36.0. The van der Waals surface area contributed by atoms with E-state index >= 15 is 0 Å². The molecule has 2 aliphatic rings. The lowest BCUT2D eigenvalue weighted by atomic mass is 9.98. The van der Waals surface area contributed by atoms with Gasteiger partial charge in [-0.2, -0.15) is 0 Å². The lowest BCUT2D eigenvalue weighted by molar-refractivity contribution is 0.109. The van der Waals surface area contributed by atoms with Crippen molar-refractivity contribution in [1.29, 1.82) is 0 Å². The van der Waals surface area contributed by atoms with E-state index in [1.807, 2.05) is 0 Å². The van der Waals surface area contributed by atoms with Crippen LogP contribution in [0.4, 0.5) is 0 Å². The van der Waals surface area contributed by atoms with Crippen LogP contribution in [0, 0.1) is 0 Å². The SMILES string of the molecule is CCNC1CCCCCC1N1CCCCCC1C. The van der Waals surface area contributed by atoms with Gasteiger partial charge in [0.2, 0.25) is 0 Å². The van der Waals surface area contributed by atoms with E-state index in [4.69, 9.17) is 0 Å². The van der Waals surface area contributed by atoms with Crippen LogP contribution in [0.1, 0.15) is 71.6 Å². The van der Waals surface area contributed by atoms with Gasteiger partial charge in [0.1, 0.15) is 0 Å². The average molecular weight is 252 g/mol. The summed E-state index contributed by atoms with van der Waals surface area (Å²) < 4.78 is 0. The van der Waals surface area contributed by atoms with Crippen molar-refractivity contribution >= 4 is 0 Å². The molecule has 0 bridgehead atoms. The average Bonchev–Trinajstić information content (AvgIpc) is 2.70. The van der Waals surface area contributed by atoms with E-state index in [1.54, 1.807) is 0 Å². The second kappa shape index (κ2) is 7.49. The Balaban J connectivity index is 2.04. The molecule has 0 aromatic rings. The van der Waals surface area contributed by atoms with E-state index in [0.717, 1.165) is 24.7 Å². The number of likely N-dealkylation sites (N-methyl/N-ethyl adjacent to an activating group) is 1. The fourth-order valence-corrected chi connectivity index (χ4v) is 3.98. The minimum Gasteiger partial charge on any atom is -0.313 e. The molecule has 1 heterocycles. The summed E-state index contributed by atoms with van der Waals surface area (Å²) in [5, 5.41) is 3.77. The lowest BCUT2D eigenvalue weighted by Gasteiger charge is -2.39. The Morgan fingerprint density at radius 1 is 0.944 bits per heavy atom. The van der Waals surface area contributed by atoms with Crippen molar-refractivity contribution in [3.63, 3.8) is 0 Å². The quantitative estimate of drug-likeness (QED) is 0.773. The van der Waals surface area contributed by atoms with Crippen LogP contribution >= 0.6 is 0 Å². The van der Waals surface area contributed by atoms with Gasteiger partial charge in [0.25, 0.3) is 0 Å². The van der Waals surface area contributed by atoms with Crippen LogP contribution in [-0.2, 0) is 0 Å². The van der Waals surface area contributed by atoms with Crippen molar-refractivity contribution in [2.45, 2.75) is 89.8 Å². The number of nitrogens with zero attached hydrogens (tertiary/aromatic N) is 1. The van der Waals surface area contributed by atoms with Crippen molar-refractivity contribution in [3.8, 4) is 0 Å². The molecule has 1 aliphatic heterocycles. The lowest BCUT2D eigenvalue weighted by Crippen LogP contribution is -2.52. The van der Waals surface area contributed by atoms with Gasteiger partial charge in [-0.1, -0.05) is 39.0 Å². The second-order valence-electron chi connectivity index (χ2n) is 6.31. The fourth-order valence-electron chi connectivity index (χ4n) is 3.98. The first kappa shape index (κ1) is 14.3. The highest BCUT2D eigenvalue weighted by atomic mass is 15.2. The molecule has 18 heavy (non-hydrogen) atoms. The number of hydrogen-bond donors (Lipinski definition) is 1. The van der Waals surface area contributed by atoms with Crippen molar-refractivity contribution in [3.05, 3.63) is 0 Å². The van der Waals surface area contributed by atoms with E-state index in [2.05, 4.69) is 24.1 Å². The number of hydrogen-bond acceptors (Lipinski definition) is 2. The molecule has 1 saturated carbocycles. The molecular weight excluding hydrogens is 220 g/mol. The highest BCUT2D eigenvalue weighted by molar-refractivity contribution is 4.89. The van der Waals surface area contributed by atoms with Crippen molar-refractivity contribution < 1.29 is 0 Å². The summed E-state index contributed by atoms with van der Waals surface area (Å²) in [5.74, 6) is 0. The van der Waals surface area contributed by atoms with Gasteiger partial charge < -0.3 is 5.32 Å². The smallest absolute Gasteiger partial charge is 0.0252 e. The van der Waals surface area contributed by atoms with Crippen LogP contribution in [0.15, 0.2) is 0 Å². The first-order chi connectivity index (χ1) is 8.83. The Bertz CT molecular complexity index is 229. The Labute approximate surface area is 114 Å². The molecule has 3 atom stereocenters. The van der Waals surface area contributed by atoms with Gasteiger partial charge in [0, 0.05) is 18.1 Å². The maximum atomic E-state index is 3.77. The molecule has 0 amide bonds. The maximum absolute atomic E-state index is 3.77. The van der Waals surface area contributed by atoms with Crippen molar-refractivity contribution in [1.82, 2.24) is 10.2 Å². The summed E-state index contributed by atoms with van der Waals surface area (Å²) in [5.41, 5.74) is 0. The monoisotopic (exact) mass is 252 g/mol. The molecule has 2 fully saturated rings. The van der Waals surface area contributed by atoms with E-state index in [-0.39, 0.29) is 0 Å². The number of likely N-dealkylation sites (tertiary alicyclic amines) is 1. The Hall–Kier alpha value is -0.0800. The van der Waals surface area contributed by atoms with Gasteiger partial charge in [-0.25, -0.2) is 0 Å². The standard InChI is InChI=1S/C16H32N2/c1-3-17-15-11-7-4-8-12-16(15)18-13-9-5-6-10-14(18)2/h14-17H,3-13H2,1-2H3.